The minimum atomic E-state index is -0.395. The van der Waals surface area contributed by atoms with Crippen molar-refractivity contribution in [3.05, 3.63) is 35.5 Å². The summed E-state index contributed by atoms with van der Waals surface area (Å²) in [5.41, 5.74) is 2.41. The fourth-order valence-corrected chi connectivity index (χ4v) is 2.51. The summed E-state index contributed by atoms with van der Waals surface area (Å²) < 4.78 is 6.50. The SMILES string of the molecule is C.CC.COC(=O)c1nn(-c2cnccn2)c2c1CC(C)C2. The molecule has 0 aromatic carbocycles. The Labute approximate surface area is 131 Å². The molecule has 1 aliphatic rings. The van der Waals surface area contributed by atoms with Crippen LogP contribution in [0.1, 0.15) is 49.9 Å². The molecule has 3 rings (SSSR count). The number of carbonyl (C=O) groups is 1. The Kier molecular flexibility index (Phi) is 6.22. The zero-order chi connectivity index (χ0) is 15.4. The van der Waals surface area contributed by atoms with Crippen LogP contribution >= 0.6 is 0 Å². The standard InChI is InChI=1S/C13H14N4O2.C2H6.CH4/c1-8-5-9-10(6-8)17(11-7-14-3-4-15-11)16-12(9)13(18)19-2;1-2;/h3-4,7-8H,5-6H2,1-2H3;1-2H3;1H4. The molecule has 0 saturated carbocycles. The monoisotopic (exact) mass is 304 g/mol. The third-order valence-corrected chi connectivity index (χ3v) is 3.33. The smallest absolute Gasteiger partial charge is 0.358 e. The van der Waals surface area contributed by atoms with Crippen LogP contribution in [0.4, 0.5) is 0 Å². The average Bonchev–Trinajstić information content (AvgIpc) is 3.06. The van der Waals surface area contributed by atoms with Crippen molar-refractivity contribution in [3.8, 4) is 5.82 Å². The van der Waals surface area contributed by atoms with E-state index in [-0.39, 0.29) is 7.43 Å². The van der Waals surface area contributed by atoms with Crippen LogP contribution in [0.3, 0.4) is 0 Å². The van der Waals surface area contributed by atoms with E-state index in [9.17, 15) is 4.79 Å². The largest absolute Gasteiger partial charge is 0.464 e. The van der Waals surface area contributed by atoms with Crippen molar-refractivity contribution in [1.29, 1.82) is 0 Å². The fraction of sp³-hybridized carbons (Fsp3) is 0.500. The third kappa shape index (κ3) is 3.16. The van der Waals surface area contributed by atoms with E-state index >= 15 is 0 Å². The van der Waals surface area contributed by atoms with Gasteiger partial charge < -0.3 is 4.74 Å². The molecule has 1 aliphatic carbocycles. The summed E-state index contributed by atoms with van der Waals surface area (Å²) in [4.78, 5) is 20.1. The van der Waals surface area contributed by atoms with Gasteiger partial charge in [0.05, 0.1) is 19.0 Å². The third-order valence-electron chi connectivity index (χ3n) is 3.33. The molecule has 1 unspecified atom stereocenters. The molecule has 2 heterocycles. The summed E-state index contributed by atoms with van der Waals surface area (Å²) in [7, 11) is 1.37. The fourth-order valence-electron chi connectivity index (χ4n) is 2.51. The van der Waals surface area contributed by atoms with Crippen LogP contribution in [0.25, 0.3) is 5.82 Å². The van der Waals surface area contributed by atoms with Gasteiger partial charge in [-0.1, -0.05) is 28.2 Å². The molecule has 0 aliphatic heterocycles. The number of methoxy groups -OCH3 is 1. The van der Waals surface area contributed by atoms with Gasteiger partial charge in [-0.15, -0.1) is 0 Å². The van der Waals surface area contributed by atoms with Crippen LogP contribution < -0.4 is 0 Å². The summed E-state index contributed by atoms with van der Waals surface area (Å²) in [6, 6.07) is 0. The molecule has 6 heteroatoms. The Morgan fingerprint density at radius 3 is 2.64 bits per heavy atom. The number of esters is 1. The first-order valence-corrected chi connectivity index (χ1v) is 7.16. The van der Waals surface area contributed by atoms with Crippen molar-refractivity contribution in [2.75, 3.05) is 7.11 Å². The molecule has 22 heavy (non-hydrogen) atoms. The van der Waals surface area contributed by atoms with Crippen molar-refractivity contribution < 1.29 is 9.53 Å². The van der Waals surface area contributed by atoms with Crippen LogP contribution in [-0.4, -0.2) is 32.8 Å². The number of hydrogen-bond donors (Lipinski definition) is 0. The lowest BCUT2D eigenvalue weighted by molar-refractivity contribution is 0.0592. The van der Waals surface area contributed by atoms with Crippen LogP contribution in [0.15, 0.2) is 18.6 Å². The van der Waals surface area contributed by atoms with Gasteiger partial charge in [-0.2, -0.15) is 5.10 Å². The van der Waals surface area contributed by atoms with E-state index in [0.29, 0.717) is 17.4 Å². The lowest BCUT2D eigenvalue weighted by atomic mass is 10.1. The molecule has 1 atom stereocenters. The summed E-state index contributed by atoms with van der Waals surface area (Å²) in [5, 5.41) is 4.35. The molecule has 0 N–H and O–H groups in total. The maximum atomic E-state index is 11.8. The van der Waals surface area contributed by atoms with Gasteiger partial charge in [0.15, 0.2) is 11.5 Å². The molecule has 0 bridgehead atoms. The first-order chi connectivity index (χ1) is 10.2. The predicted molar refractivity (Wildman–Crippen MR) is 85.1 cm³/mol. The van der Waals surface area contributed by atoms with E-state index in [1.165, 1.54) is 7.11 Å². The van der Waals surface area contributed by atoms with Crippen molar-refractivity contribution in [1.82, 2.24) is 19.7 Å². The molecule has 0 fully saturated rings. The number of carbonyl (C=O) groups excluding carboxylic acids is 1. The second-order valence-corrected chi connectivity index (χ2v) is 4.75. The van der Waals surface area contributed by atoms with Crippen molar-refractivity contribution in [3.63, 3.8) is 0 Å². The minimum Gasteiger partial charge on any atom is -0.464 e. The highest BCUT2D eigenvalue weighted by Gasteiger charge is 2.31. The Morgan fingerprint density at radius 2 is 2.05 bits per heavy atom. The lowest BCUT2D eigenvalue weighted by Gasteiger charge is -2.04. The summed E-state index contributed by atoms with van der Waals surface area (Å²) in [5.74, 6) is 0.732. The summed E-state index contributed by atoms with van der Waals surface area (Å²) >= 11 is 0. The molecule has 0 spiro atoms. The van der Waals surface area contributed by atoms with Crippen LogP contribution in [0, 0.1) is 5.92 Å². The Bertz CT molecular complexity index is 623. The van der Waals surface area contributed by atoms with Crippen LogP contribution in [-0.2, 0) is 17.6 Å². The van der Waals surface area contributed by atoms with Gasteiger partial charge in [0.2, 0.25) is 0 Å². The van der Waals surface area contributed by atoms with E-state index in [1.807, 2.05) is 13.8 Å². The first kappa shape index (κ1) is 17.8. The molecule has 0 saturated heterocycles. The second-order valence-electron chi connectivity index (χ2n) is 4.75. The van der Waals surface area contributed by atoms with Gasteiger partial charge in [0.1, 0.15) is 0 Å². The van der Waals surface area contributed by atoms with Gasteiger partial charge in [0, 0.05) is 18.0 Å². The van der Waals surface area contributed by atoms with E-state index in [1.54, 1.807) is 23.3 Å². The summed E-state index contributed by atoms with van der Waals surface area (Å²) in [6.45, 7) is 6.15. The molecular weight excluding hydrogens is 280 g/mol. The highest BCUT2D eigenvalue weighted by Crippen LogP contribution is 2.30. The highest BCUT2D eigenvalue weighted by molar-refractivity contribution is 5.89. The topological polar surface area (TPSA) is 69.9 Å². The molecule has 120 valence electrons. The van der Waals surface area contributed by atoms with Crippen LogP contribution in [0.5, 0.6) is 0 Å². The Hall–Kier alpha value is -2.24. The second kappa shape index (κ2) is 7.68. The van der Waals surface area contributed by atoms with E-state index in [4.69, 9.17) is 4.74 Å². The van der Waals surface area contributed by atoms with Gasteiger partial charge in [-0.3, -0.25) is 4.98 Å². The predicted octanol–water partition coefficient (Wildman–Crippen LogP) is 2.85. The van der Waals surface area contributed by atoms with Gasteiger partial charge in [0.25, 0.3) is 0 Å². The number of rotatable bonds is 2. The average molecular weight is 304 g/mol. The number of fused-ring (bicyclic) bond motifs is 1. The van der Waals surface area contributed by atoms with Gasteiger partial charge in [-0.25, -0.2) is 14.5 Å². The number of ether oxygens (including phenoxy) is 1. The Balaban J connectivity index is 0.000000775. The van der Waals surface area contributed by atoms with Gasteiger partial charge in [-0.05, 0) is 18.8 Å². The maximum Gasteiger partial charge on any atom is 0.358 e. The highest BCUT2D eigenvalue weighted by atomic mass is 16.5. The Morgan fingerprint density at radius 1 is 1.32 bits per heavy atom. The van der Waals surface area contributed by atoms with Crippen molar-refractivity contribution in [2.45, 2.75) is 41.0 Å². The van der Waals surface area contributed by atoms with E-state index in [2.05, 4.69) is 22.0 Å². The molecule has 6 nitrogen and oxygen atoms in total. The quantitative estimate of drug-likeness (QED) is 0.798. The zero-order valence-corrected chi connectivity index (χ0v) is 12.8. The minimum absolute atomic E-state index is 0. The molecule has 0 radical (unpaired) electrons. The maximum absolute atomic E-state index is 11.8. The van der Waals surface area contributed by atoms with Crippen LogP contribution in [0.2, 0.25) is 0 Å². The van der Waals surface area contributed by atoms with E-state index < -0.39 is 5.97 Å². The molecule has 2 aromatic heterocycles. The van der Waals surface area contributed by atoms with Crippen molar-refractivity contribution in [2.24, 2.45) is 5.92 Å². The van der Waals surface area contributed by atoms with E-state index in [0.717, 1.165) is 24.1 Å². The molecule has 0 amide bonds. The normalized spacial score (nSPS) is 15.2. The summed E-state index contributed by atoms with van der Waals surface area (Å²) in [6.07, 6.45) is 6.59. The zero-order valence-electron chi connectivity index (χ0n) is 12.8. The van der Waals surface area contributed by atoms with Crippen molar-refractivity contribution >= 4 is 5.97 Å². The molecule has 2 aromatic rings. The number of aromatic nitrogens is 4. The number of hydrogen-bond acceptors (Lipinski definition) is 5. The first-order valence-electron chi connectivity index (χ1n) is 7.16. The van der Waals surface area contributed by atoms with Gasteiger partial charge >= 0.3 is 5.97 Å². The molecular formula is C16H24N4O2. The lowest BCUT2D eigenvalue weighted by Crippen LogP contribution is -2.09. The number of nitrogens with zero attached hydrogens (tertiary/aromatic N) is 4.